The maximum Gasteiger partial charge on any atom is 0.311 e. The quantitative estimate of drug-likeness (QED) is 0.896. The molecule has 1 atom stereocenters. The second-order valence-corrected chi connectivity index (χ2v) is 6.40. The van der Waals surface area contributed by atoms with Gasteiger partial charge in [-0.15, -0.1) is 0 Å². The molecular weight excluding hydrogens is 308 g/mol. The summed E-state index contributed by atoms with van der Waals surface area (Å²) in [4.78, 5) is 39.4. The summed E-state index contributed by atoms with van der Waals surface area (Å²) in [6.07, 6.45) is 0.451. The molecule has 0 radical (unpaired) electrons. The second-order valence-electron chi connectivity index (χ2n) is 6.40. The maximum atomic E-state index is 12.5. The van der Waals surface area contributed by atoms with Crippen molar-refractivity contribution in [1.29, 1.82) is 0 Å². The van der Waals surface area contributed by atoms with E-state index < -0.39 is 11.4 Å². The van der Waals surface area contributed by atoms with Crippen molar-refractivity contribution < 1.29 is 19.5 Å². The van der Waals surface area contributed by atoms with Crippen LogP contribution in [0.1, 0.15) is 47.9 Å². The number of rotatable bonds is 5. The van der Waals surface area contributed by atoms with Crippen molar-refractivity contribution >= 4 is 17.8 Å². The van der Waals surface area contributed by atoms with Crippen molar-refractivity contribution in [3.05, 3.63) is 35.4 Å². The van der Waals surface area contributed by atoms with E-state index in [-0.39, 0.29) is 18.4 Å². The minimum Gasteiger partial charge on any atom is -0.481 e. The smallest absolute Gasteiger partial charge is 0.311 e. The Morgan fingerprint density at radius 2 is 1.67 bits per heavy atom. The third kappa shape index (κ3) is 3.42. The van der Waals surface area contributed by atoms with E-state index in [0.29, 0.717) is 37.2 Å². The number of hydrogen-bond acceptors (Lipinski definition) is 3. The van der Waals surface area contributed by atoms with Gasteiger partial charge in [-0.25, -0.2) is 0 Å². The molecule has 1 unspecified atom stereocenters. The lowest BCUT2D eigenvalue weighted by molar-refractivity contribution is -0.147. The zero-order valence-corrected chi connectivity index (χ0v) is 14.4. The molecule has 0 aliphatic carbocycles. The minimum atomic E-state index is -0.881. The summed E-state index contributed by atoms with van der Waals surface area (Å²) in [5, 5.41) is 9.26. The van der Waals surface area contributed by atoms with E-state index in [1.807, 2.05) is 13.8 Å². The average Bonchev–Trinajstić information content (AvgIpc) is 2.99. The van der Waals surface area contributed by atoms with Crippen LogP contribution < -0.4 is 0 Å². The van der Waals surface area contributed by atoms with Crippen LogP contribution in [0, 0.1) is 5.41 Å². The van der Waals surface area contributed by atoms with Crippen LogP contribution in [0.4, 0.5) is 0 Å². The summed E-state index contributed by atoms with van der Waals surface area (Å²) in [7, 11) is 0. The van der Waals surface area contributed by atoms with Gasteiger partial charge in [-0.1, -0.05) is 0 Å². The van der Waals surface area contributed by atoms with Crippen molar-refractivity contribution in [2.75, 3.05) is 26.2 Å². The van der Waals surface area contributed by atoms with Gasteiger partial charge in [0.15, 0.2) is 0 Å². The summed E-state index contributed by atoms with van der Waals surface area (Å²) in [5.41, 5.74) is 0.140. The van der Waals surface area contributed by atoms with Crippen molar-refractivity contribution in [1.82, 2.24) is 9.80 Å². The third-order valence-corrected chi connectivity index (χ3v) is 4.71. The van der Waals surface area contributed by atoms with E-state index in [1.54, 1.807) is 41.0 Å². The molecule has 0 aromatic heterocycles. The topological polar surface area (TPSA) is 77.9 Å². The van der Waals surface area contributed by atoms with Gasteiger partial charge in [0.25, 0.3) is 11.8 Å². The molecule has 1 aromatic carbocycles. The lowest BCUT2D eigenvalue weighted by Gasteiger charge is -2.21. The van der Waals surface area contributed by atoms with Gasteiger partial charge in [0.2, 0.25) is 0 Å². The second kappa shape index (κ2) is 7.03. The predicted octanol–water partition coefficient (Wildman–Crippen LogP) is 2.11. The van der Waals surface area contributed by atoms with Crippen molar-refractivity contribution in [3.8, 4) is 0 Å². The van der Waals surface area contributed by atoms with Gasteiger partial charge >= 0.3 is 5.97 Å². The highest BCUT2D eigenvalue weighted by molar-refractivity contribution is 5.98. The van der Waals surface area contributed by atoms with Crippen molar-refractivity contribution in [3.63, 3.8) is 0 Å². The number of carboxylic acid groups (broad SMARTS) is 1. The first kappa shape index (κ1) is 18.0. The molecule has 1 N–H and O–H groups in total. The Kier molecular flexibility index (Phi) is 5.26. The zero-order valence-electron chi connectivity index (χ0n) is 14.4. The molecule has 0 bridgehead atoms. The van der Waals surface area contributed by atoms with Gasteiger partial charge < -0.3 is 14.9 Å². The number of aliphatic carboxylic acids is 1. The number of likely N-dealkylation sites (tertiary alicyclic amines) is 1. The number of hydrogen-bond donors (Lipinski definition) is 1. The Hall–Kier alpha value is -2.37. The molecule has 1 saturated heterocycles. The van der Waals surface area contributed by atoms with Crippen LogP contribution in [-0.2, 0) is 4.79 Å². The van der Waals surface area contributed by atoms with Crippen LogP contribution in [0.5, 0.6) is 0 Å². The molecule has 6 nitrogen and oxygen atoms in total. The highest BCUT2D eigenvalue weighted by Crippen LogP contribution is 2.31. The first-order chi connectivity index (χ1) is 11.3. The molecule has 2 amide bonds. The highest BCUT2D eigenvalue weighted by Gasteiger charge is 2.42. The summed E-state index contributed by atoms with van der Waals surface area (Å²) < 4.78 is 0. The highest BCUT2D eigenvalue weighted by atomic mass is 16.4. The predicted molar refractivity (Wildman–Crippen MR) is 90.0 cm³/mol. The van der Waals surface area contributed by atoms with E-state index in [1.165, 1.54) is 0 Å². The molecule has 1 aromatic rings. The van der Waals surface area contributed by atoms with Crippen LogP contribution in [0.3, 0.4) is 0 Å². The lowest BCUT2D eigenvalue weighted by Crippen LogP contribution is -2.35. The van der Waals surface area contributed by atoms with E-state index >= 15 is 0 Å². The fourth-order valence-electron chi connectivity index (χ4n) is 2.94. The number of benzene rings is 1. The van der Waals surface area contributed by atoms with Gasteiger partial charge in [0, 0.05) is 37.3 Å². The number of nitrogens with zero attached hydrogens (tertiary/aromatic N) is 2. The maximum absolute atomic E-state index is 12.5. The normalized spacial score (nSPS) is 20.0. The van der Waals surface area contributed by atoms with E-state index in [9.17, 15) is 19.5 Å². The Labute approximate surface area is 142 Å². The number of carbonyl (C=O) groups excluding carboxylic acids is 2. The molecule has 1 aliphatic rings. The molecule has 1 aliphatic heterocycles. The Morgan fingerprint density at radius 3 is 2.12 bits per heavy atom. The third-order valence-electron chi connectivity index (χ3n) is 4.71. The largest absolute Gasteiger partial charge is 0.481 e. The summed E-state index contributed by atoms with van der Waals surface area (Å²) in [6, 6.07) is 6.58. The van der Waals surface area contributed by atoms with Gasteiger partial charge in [-0.3, -0.25) is 14.4 Å². The van der Waals surface area contributed by atoms with E-state index in [4.69, 9.17) is 0 Å². The van der Waals surface area contributed by atoms with E-state index in [2.05, 4.69) is 0 Å². The first-order valence-corrected chi connectivity index (χ1v) is 8.24. The zero-order chi connectivity index (χ0) is 17.9. The minimum absolute atomic E-state index is 0.0568. The Bertz CT molecular complexity index is 637. The molecule has 6 heteroatoms. The van der Waals surface area contributed by atoms with Crippen LogP contribution in [0.15, 0.2) is 24.3 Å². The number of carboxylic acids is 1. The Balaban J connectivity index is 2.10. The summed E-state index contributed by atoms with van der Waals surface area (Å²) >= 11 is 0. The van der Waals surface area contributed by atoms with Gasteiger partial charge in [-0.05, 0) is 51.5 Å². The number of amides is 2. The fraction of sp³-hybridized carbons (Fsp3) is 0.500. The standard InChI is InChI=1S/C18H24N2O4/c1-4-19(5-2)15(21)13-6-8-14(9-7-13)16(22)20-11-10-18(3,12-20)17(23)24/h6-9H,4-5,10-12H2,1-3H3,(H,23,24). The summed E-state index contributed by atoms with van der Waals surface area (Å²) in [5.74, 6) is -1.13. The molecule has 0 saturated carbocycles. The monoisotopic (exact) mass is 332 g/mol. The molecule has 0 spiro atoms. The van der Waals surface area contributed by atoms with Gasteiger partial charge in [0.05, 0.1) is 5.41 Å². The fourth-order valence-corrected chi connectivity index (χ4v) is 2.94. The van der Waals surface area contributed by atoms with E-state index in [0.717, 1.165) is 0 Å². The number of carbonyl (C=O) groups is 3. The molecule has 130 valence electrons. The van der Waals surface area contributed by atoms with Crippen LogP contribution in [-0.4, -0.2) is 58.9 Å². The van der Waals surface area contributed by atoms with Crippen LogP contribution in [0.25, 0.3) is 0 Å². The van der Waals surface area contributed by atoms with Crippen molar-refractivity contribution in [2.45, 2.75) is 27.2 Å². The van der Waals surface area contributed by atoms with Crippen molar-refractivity contribution in [2.24, 2.45) is 5.41 Å². The summed E-state index contributed by atoms with van der Waals surface area (Å²) in [6.45, 7) is 7.42. The lowest BCUT2D eigenvalue weighted by atomic mass is 9.90. The molecule has 1 heterocycles. The van der Waals surface area contributed by atoms with Gasteiger partial charge in [-0.2, -0.15) is 0 Å². The molecule has 24 heavy (non-hydrogen) atoms. The van der Waals surface area contributed by atoms with Crippen LogP contribution >= 0.6 is 0 Å². The molecular formula is C18H24N2O4. The first-order valence-electron chi connectivity index (χ1n) is 8.24. The van der Waals surface area contributed by atoms with Crippen LogP contribution in [0.2, 0.25) is 0 Å². The van der Waals surface area contributed by atoms with Gasteiger partial charge in [0.1, 0.15) is 0 Å². The average molecular weight is 332 g/mol. The molecule has 2 rings (SSSR count). The Morgan fingerprint density at radius 1 is 1.12 bits per heavy atom. The SMILES string of the molecule is CCN(CC)C(=O)c1ccc(C(=O)N2CCC(C)(C(=O)O)C2)cc1. The molecule has 1 fully saturated rings.